The van der Waals surface area contributed by atoms with Gasteiger partial charge in [-0.3, -0.25) is 9.20 Å². The van der Waals surface area contributed by atoms with Crippen LogP contribution in [0.15, 0.2) is 65.1 Å². The summed E-state index contributed by atoms with van der Waals surface area (Å²) in [6.45, 7) is 0. The molecule has 0 unspecified atom stereocenters. The Morgan fingerprint density at radius 3 is 2.60 bits per heavy atom. The van der Waals surface area contributed by atoms with Crippen molar-refractivity contribution in [2.75, 3.05) is 5.75 Å². The van der Waals surface area contributed by atoms with E-state index in [0.29, 0.717) is 16.3 Å². The molecule has 0 radical (unpaired) electrons. The van der Waals surface area contributed by atoms with Gasteiger partial charge in [-0.2, -0.15) is 0 Å². The fourth-order valence-electron chi connectivity index (χ4n) is 2.45. The van der Waals surface area contributed by atoms with Crippen molar-refractivity contribution in [1.29, 1.82) is 0 Å². The zero-order chi connectivity index (χ0) is 17.2. The number of thioether (sulfide) groups is 1. The van der Waals surface area contributed by atoms with E-state index in [0.717, 1.165) is 21.4 Å². The Labute approximate surface area is 157 Å². The number of Topliss-reactive ketones (excluding diaryl/α,β-unsaturated/α-hetero) is 1. The second-order valence-corrected chi connectivity index (χ2v) is 7.52. The number of nitrogens with zero attached hydrogens (tertiary/aromatic N) is 3. The van der Waals surface area contributed by atoms with E-state index in [-0.39, 0.29) is 5.78 Å². The fourth-order valence-corrected chi connectivity index (χ4v) is 4.31. The molecule has 0 spiro atoms. The van der Waals surface area contributed by atoms with E-state index in [1.54, 1.807) is 24.3 Å². The average molecular weight is 386 g/mol. The highest BCUT2D eigenvalue weighted by atomic mass is 35.5. The van der Waals surface area contributed by atoms with Gasteiger partial charge in [0.15, 0.2) is 10.9 Å². The molecule has 0 aliphatic carbocycles. The van der Waals surface area contributed by atoms with Gasteiger partial charge in [-0.15, -0.1) is 21.5 Å². The number of rotatable bonds is 5. The van der Waals surface area contributed by atoms with Crippen LogP contribution in [0.2, 0.25) is 5.02 Å². The number of fused-ring (bicyclic) bond motifs is 1. The molecule has 0 atom stereocenters. The van der Waals surface area contributed by atoms with Crippen LogP contribution < -0.4 is 0 Å². The van der Waals surface area contributed by atoms with E-state index in [4.69, 9.17) is 11.6 Å². The lowest BCUT2D eigenvalue weighted by atomic mass is 10.1. The summed E-state index contributed by atoms with van der Waals surface area (Å²) in [6, 6.07) is 17.0. The highest BCUT2D eigenvalue weighted by molar-refractivity contribution is 7.99. The van der Waals surface area contributed by atoms with E-state index in [1.165, 1.54) is 23.1 Å². The number of thiazole rings is 1. The summed E-state index contributed by atoms with van der Waals surface area (Å²) in [7, 11) is 0. The van der Waals surface area contributed by atoms with Crippen LogP contribution in [0.4, 0.5) is 0 Å². The third-order valence-corrected chi connectivity index (χ3v) is 5.69. The van der Waals surface area contributed by atoms with Crippen LogP contribution in [0.5, 0.6) is 0 Å². The molecule has 0 fully saturated rings. The number of carbonyl (C=O) groups excluding carboxylic acids is 1. The molecule has 4 rings (SSSR count). The first-order chi connectivity index (χ1) is 12.2. The second-order valence-electron chi connectivity index (χ2n) is 5.31. The molecule has 0 aliphatic rings. The Hall–Kier alpha value is -2.15. The van der Waals surface area contributed by atoms with Crippen molar-refractivity contribution in [3.05, 3.63) is 70.6 Å². The minimum Gasteiger partial charge on any atom is -0.293 e. The molecule has 4 nitrogen and oxygen atoms in total. The minimum atomic E-state index is 0.0370. The monoisotopic (exact) mass is 385 g/mol. The van der Waals surface area contributed by atoms with Crippen LogP contribution in [0.1, 0.15) is 10.4 Å². The van der Waals surface area contributed by atoms with E-state index in [1.807, 2.05) is 22.6 Å². The molecule has 7 heteroatoms. The molecule has 2 heterocycles. The molecular formula is C18H12ClN3OS2. The van der Waals surface area contributed by atoms with E-state index in [9.17, 15) is 4.79 Å². The van der Waals surface area contributed by atoms with E-state index >= 15 is 0 Å². The van der Waals surface area contributed by atoms with Crippen molar-refractivity contribution in [1.82, 2.24) is 14.6 Å². The van der Waals surface area contributed by atoms with Crippen LogP contribution in [-0.4, -0.2) is 26.1 Å². The number of carbonyl (C=O) groups is 1. The van der Waals surface area contributed by atoms with Gasteiger partial charge in [-0.05, 0) is 29.8 Å². The molecule has 0 saturated heterocycles. The molecule has 0 amide bonds. The van der Waals surface area contributed by atoms with Crippen LogP contribution in [-0.2, 0) is 0 Å². The van der Waals surface area contributed by atoms with Crippen molar-refractivity contribution in [2.45, 2.75) is 5.16 Å². The number of hydrogen-bond donors (Lipinski definition) is 0. The fraction of sp³-hybridized carbons (Fsp3) is 0.0556. The lowest BCUT2D eigenvalue weighted by Gasteiger charge is -2.03. The normalized spacial score (nSPS) is 11.1. The number of benzene rings is 2. The van der Waals surface area contributed by atoms with Crippen LogP contribution >= 0.6 is 34.7 Å². The van der Waals surface area contributed by atoms with Crippen molar-refractivity contribution >= 4 is 45.4 Å². The van der Waals surface area contributed by atoms with Crippen LogP contribution in [0, 0.1) is 0 Å². The standard InChI is InChI=1S/C18H12ClN3OS2/c19-14-8-6-13(7-9-14)16(23)11-25-18-21-20-17-22(18)15(10-24-17)12-4-2-1-3-5-12/h1-10H,11H2. The summed E-state index contributed by atoms with van der Waals surface area (Å²) in [6.07, 6.45) is 0. The molecule has 0 N–H and O–H groups in total. The van der Waals surface area contributed by atoms with Crippen molar-refractivity contribution < 1.29 is 4.79 Å². The molecule has 124 valence electrons. The third kappa shape index (κ3) is 3.33. The number of hydrogen-bond acceptors (Lipinski definition) is 5. The number of ketones is 1. The van der Waals surface area contributed by atoms with Crippen molar-refractivity contribution in [3.63, 3.8) is 0 Å². The Kier molecular flexibility index (Phi) is 4.57. The predicted octanol–water partition coefficient (Wildman–Crippen LogP) is 5.09. The maximum atomic E-state index is 12.4. The van der Waals surface area contributed by atoms with Gasteiger partial charge in [0.25, 0.3) is 0 Å². The van der Waals surface area contributed by atoms with Gasteiger partial charge < -0.3 is 0 Å². The maximum absolute atomic E-state index is 12.4. The van der Waals surface area contributed by atoms with E-state index < -0.39 is 0 Å². The molecule has 0 saturated carbocycles. The topological polar surface area (TPSA) is 47.3 Å². The predicted molar refractivity (Wildman–Crippen MR) is 103 cm³/mol. The maximum Gasteiger partial charge on any atom is 0.217 e. The summed E-state index contributed by atoms with van der Waals surface area (Å²) in [5.74, 6) is 0.335. The molecule has 4 aromatic rings. The van der Waals surface area contributed by atoms with E-state index in [2.05, 4.69) is 27.7 Å². The summed E-state index contributed by atoms with van der Waals surface area (Å²) in [4.78, 5) is 13.2. The lowest BCUT2D eigenvalue weighted by molar-refractivity contribution is 0.102. The SMILES string of the molecule is O=C(CSc1nnc2scc(-c3ccccc3)n12)c1ccc(Cl)cc1. The largest absolute Gasteiger partial charge is 0.293 e. The Balaban J connectivity index is 1.59. The van der Waals surface area contributed by atoms with Gasteiger partial charge >= 0.3 is 0 Å². The highest BCUT2D eigenvalue weighted by Crippen LogP contribution is 2.30. The smallest absolute Gasteiger partial charge is 0.217 e. The van der Waals surface area contributed by atoms with Gasteiger partial charge in [0.1, 0.15) is 0 Å². The van der Waals surface area contributed by atoms with Crippen LogP contribution in [0.3, 0.4) is 0 Å². The quantitative estimate of drug-likeness (QED) is 0.355. The lowest BCUT2D eigenvalue weighted by Crippen LogP contribution is -2.03. The Morgan fingerprint density at radius 1 is 1.08 bits per heavy atom. The first-order valence-electron chi connectivity index (χ1n) is 7.52. The Bertz CT molecular complexity index is 1030. The summed E-state index contributed by atoms with van der Waals surface area (Å²) in [5, 5.41) is 11.8. The van der Waals surface area contributed by atoms with Gasteiger partial charge in [0.05, 0.1) is 11.4 Å². The molecule has 0 bridgehead atoms. The molecule has 2 aromatic heterocycles. The average Bonchev–Trinajstić information content (AvgIpc) is 3.23. The molecule has 2 aromatic carbocycles. The van der Waals surface area contributed by atoms with Gasteiger partial charge in [-0.25, -0.2) is 0 Å². The summed E-state index contributed by atoms with van der Waals surface area (Å²) < 4.78 is 2.00. The van der Waals surface area contributed by atoms with Gasteiger partial charge in [0, 0.05) is 16.0 Å². The summed E-state index contributed by atoms with van der Waals surface area (Å²) in [5.41, 5.74) is 2.78. The zero-order valence-corrected chi connectivity index (χ0v) is 15.3. The Morgan fingerprint density at radius 2 is 1.84 bits per heavy atom. The van der Waals surface area contributed by atoms with Crippen molar-refractivity contribution in [3.8, 4) is 11.3 Å². The third-order valence-electron chi connectivity index (χ3n) is 3.69. The number of aromatic nitrogens is 3. The highest BCUT2D eigenvalue weighted by Gasteiger charge is 2.15. The van der Waals surface area contributed by atoms with Crippen molar-refractivity contribution in [2.24, 2.45) is 0 Å². The minimum absolute atomic E-state index is 0.0370. The second kappa shape index (κ2) is 7.00. The molecule has 0 aliphatic heterocycles. The first-order valence-corrected chi connectivity index (χ1v) is 9.76. The molecular weight excluding hydrogens is 374 g/mol. The van der Waals surface area contributed by atoms with Gasteiger partial charge in [-0.1, -0.05) is 53.7 Å². The van der Waals surface area contributed by atoms with Gasteiger partial charge in [0.2, 0.25) is 4.96 Å². The zero-order valence-electron chi connectivity index (χ0n) is 12.9. The first kappa shape index (κ1) is 16.3. The number of halogens is 1. The summed E-state index contributed by atoms with van der Waals surface area (Å²) >= 11 is 8.80. The van der Waals surface area contributed by atoms with Crippen LogP contribution in [0.25, 0.3) is 16.2 Å². The molecule has 25 heavy (non-hydrogen) atoms.